The Morgan fingerprint density at radius 1 is 1.21 bits per heavy atom. The van der Waals surface area contributed by atoms with Crippen molar-refractivity contribution in [1.29, 1.82) is 0 Å². The maximum Gasteiger partial charge on any atom is 0.260 e. The van der Waals surface area contributed by atoms with Gasteiger partial charge in [-0.1, -0.05) is 35.9 Å². The number of carbonyl (C=O) groups is 1. The first-order chi connectivity index (χ1) is 9.13. The lowest BCUT2D eigenvalue weighted by Crippen LogP contribution is -2.16. The van der Waals surface area contributed by atoms with Crippen molar-refractivity contribution in [2.24, 2.45) is 5.73 Å². The molecule has 0 aliphatic carbocycles. The number of hydrogen-bond donors (Lipinski definition) is 2. The molecule has 0 saturated carbocycles. The molecule has 0 radical (unpaired) electrons. The van der Waals surface area contributed by atoms with Gasteiger partial charge in [0.15, 0.2) is 0 Å². The number of hydrogen-bond acceptors (Lipinski definition) is 2. The minimum Gasteiger partial charge on any atom is -0.326 e. The zero-order valence-corrected chi connectivity index (χ0v) is 10.7. The first-order valence-corrected chi connectivity index (χ1v) is 6.04. The van der Waals surface area contributed by atoms with E-state index in [1.54, 1.807) is 18.2 Å². The minimum absolute atomic E-state index is 0.0720. The van der Waals surface area contributed by atoms with E-state index in [4.69, 9.17) is 17.3 Å². The van der Waals surface area contributed by atoms with Crippen LogP contribution in [0.4, 0.5) is 10.1 Å². The van der Waals surface area contributed by atoms with E-state index in [1.165, 1.54) is 18.2 Å². The van der Waals surface area contributed by atoms with E-state index in [0.29, 0.717) is 5.69 Å². The van der Waals surface area contributed by atoms with Crippen molar-refractivity contribution < 1.29 is 9.18 Å². The van der Waals surface area contributed by atoms with Crippen molar-refractivity contribution >= 4 is 23.2 Å². The van der Waals surface area contributed by atoms with Crippen molar-refractivity contribution in [3.05, 3.63) is 64.4 Å². The number of rotatable bonds is 3. The van der Waals surface area contributed by atoms with Gasteiger partial charge >= 0.3 is 0 Å². The highest BCUT2D eigenvalue weighted by atomic mass is 35.5. The van der Waals surface area contributed by atoms with Crippen LogP contribution in [0.15, 0.2) is 42.5 Å². The average Bonchev–Trinajstić information content (AvgIpc) is 2.39. The second-order valence-corrected chi connectivity index (χ2v) is 4.32. The van der Waals surface area contributed by atoms with Gasteiger partial charge in [0.05, 0.1) is 10.6 Å². The molecule has 0 atom stereocenters. The number of halogens is 2. The standard InChI is InChI=1S/C14H12ClFN2O/c15-10-5-3-6-11(16)13(10)14(19)18-12-7-2-1-4-9(12)8-17/h1-7H,8,17H2,(H,18,19). The van der Waals surface area contributed by atoms with Crippen molar-refractivity contribution in [2.45, 2.75) is 6.54 Å². The van der Waals surface area contributed by atoms with Crippen LogP contribution in [0, 0.1) is 5.82 Å². The van der Waals surface area contributed by atoms with Crippen LogP contribution in [-0.4, -0.2) is 5.91 Å². The van der Waals surface area contributed by atoms with E-state index in [2.05, 4.69) is 5.32 Å². The first kappa shape index (κ1) is 13.5. The molecule has 0 heterocycles. The molecule has 2 rings (SSSR count). The SMILES string of the molecule is NCc1ccccc1NC(=O)c1c(F)cccc1Cl. The summed E-state index contributed by atoms with van der Waals surface area (Å²) < 4.78 is 13.6. The van der Waals surface area contributed by atoms with Crippen molar-refractivity contribution in [1.82, 2.24) is 0 Å². The molecule has 0 aliphatic heterocycles. The number of anilines is 1. The Hall–Kier alpha value is -1.91. The van der Waals surface area contributed by atoms with E-state index in [1.807, 2.05) is 6.07 Å². The van der Waals surface area contributed by atoms with Crippen LogP contribution in [0.5, 0.6) is 0 Å². The molecule has 98 valence electrons. The van der Waals surface area contributed by atoms with Crippen molar-refractivity contribution in [2.75, 3.05) is 5.32 Å². The average molecular weight is 279 g/mol. The van der Waals surface area contributed by atoms with E-state index in [0.717, 1.165) is 5.56 Å². The van der Waals surface area contributed by atoms with Gasteiger partial charge in [-0.05, 0) is 23.8 Å². The van der Waals surface area contributed by atoms with Gasteiger partial charge in [-0.25, -0.2) is 4.39 Å². The minimum atomic E-state index is -0.657. The molecule has 0 spiro atoms. The quantitative estimate of drug-likeness (QED) is 0.906. The second-order valence-electron chi connectivity index (χ2n) is 3.91. The van der Waals surface area contributed by atoms with E-state index < -0.39 is 11.7 Å². The van der Waals surface area contributed by atoms with Crippen LogP contribution >= 0.6 is 11.6 Å². The Morgan fingerprint density at radius 2 is 1.95 bits per heavy atom. The molecule has 0 aliphatic rings. The molecule has 0 saturated heterocycles. The third-order valence-corrected chi connectivity index (χ3v) is 2.99. The smallest absolute Gasteiger partial charge is 0.260 e. The summed E-state index contributed by atoms with van der Waals surface area (Å²) in [5.74, 6) is -1.25. The third kappa shape index (κ3) is 2.92. The Bertz CT molecular complexity index is 596. The lowest BCUT2D eigenvalue weighted by molar-refractivity contribution is 0.102. The molecule has 0 unspecified atom stereocenters. The van der Waals surface area contributed by atoms with Crippen molar-refractivity contribution in [3.63, 3.8) is 0 Å². The number of amides is 1. The fourth-order valence-electron chi connectivity index (χ4n) is 1.72. The summed E-state index contributed by atoms with van der Waals surface area (Å²) in [5, 5.41) is 2.69. The zero-order valence-electron chi connectivity index (χ0n) is 9.99. The van der Waals surface area contributed by atoms with Crippen molar-refractivity contribution in [3.8, 4) is 0 Å². The maximum atomic E-state index is 13.6. The third-order valence-electron chi connectivity index (χ3n) is 2.68. The number of nitrogens with one attached hydrogen (secondary N) is 1. The Kier molecular flexibility index (Phi) is 4.14. The molecule has 1 amide bonds. The summed E-state index contributed by atoms with van der Waals surface area (Å²) in [6.07, 6.45) is 0. The number of nitrogens with two attached hydrogens (primary N) is 1. The summed E-state index contributed by atoms with van der Waals surface area (Å²) in [6.45, 7) is 0.279. The van der Waals surface area contributed by atoms with Gasteiger partial charge in [0.25, 0.3) is 5.91 Å². The van der Waals surface area contributed by atoms with Gasteiger partial charge in [-0.3, -0.25) is 4.79 Å². The topological polar surface area (TPSA) is 55.1 Å². The van der Waals surface area contributed by atoms with Crippen LogP contribution in [0.3, 0.4) is 0 Å². The first-order valence-electron chi connectivity index (χ1n) is 5.67. The van der Waals surface area contributed by atoms with Gasteiger partial charge in [0.1, 0.15) is 5.82 Å². The second kappa shape index (κ2) is 5.82. The molecule has 5 heteroatoms. The zero-order chi connectivity index (χ0) is 13.8. The lowest BCUT2D eigenvalue weighted by atomic mass is 10.1. The number of para-hydroxylation sites is 1. The predicted molar refractivity (Wildman–Crippen MR) is 73.7 cm³/mol. The van der Waals surface area contributed by atoms with Crippen LogP contribution in [0.2, 0.25) is 5.02 Å². The highest BCUT2D eigenvalue weighted by Gasteiger charge is 2.16. The summed E-state index contributed by atoms with van der Waals surface area (Å²) in [5.41, 5.74) is 6.72. The van der Waals surface area contributed by atoms with Crippen LogP contribution in [0.25, 0.3) is 0 Å². The maximum absolute atomic E-state index is 13.6. The lowest BCUT2D eigenvalue weighted by Gasteiger charge is -2.10. The Balaban J connectivity index is 2.31. The van der Waals surface area contributed by atoms with E-state index in [9.17, 15) is 9.18 Å². The van der Waals surface area contributed by atoms with Crippen LogP contribution in [0.1, 0.15) is 15.9 Å². The van der Waals surface area contributed by atoms with Gasteiger partial charge < -0.3 is 11.1 Å². The molecule has 2 aromatic rings. The van der Waals surface area contributed by atoms with Gasteiger partial charge in [0.2, 0.25) is 0 Å². The molecule has 2 aromatic carbocycles. The summed E-state index contributed by atoms with van der Waals surface area (Å²) in [6, 6.07) is 11.2. The number of benzene rings is 2. The normalized spacial score (nSPS) is 10.3. The van der Waals surface area contributed by atoms with E-state index in [-0.39, 0.29) is 17.1 Å². The molecule has 0 bridgehead atoms. The van der Waals surface area contributed by atoms with Crippen LogP contribution in [-0.2, 0) is 6.54 Å². The van der Waals surface area contributed by atoms with Gasteiger partial charge in [-0.15, -0.1) is 0 Å². The molecular weight excluding hydrogens is 267 g/mol. The molecule has 0 aromatic heterocycles. The van der Waals surface area contributed by atoms with E-state index >= 15 is 0 Å². The van der Waals surface area contributed by atoms with Gasteiger partial charge in [0, 0.05) is 12.2 Å². The Labute approximate surface area is 115 Å². The highest BCUT2D eigenvalue weighted by molar-refractivity contribution is 6.34. The largest absolute Gasteiger partial charge is 0.326 e. The summed E-state index contributed by atoms with van der Waals surface area (Å²) >= 11 is 5.84. The fourth-order valence-corrected chi connectivity index (χ4v) is 1.97. The number of carbonyl (C=O) groups excluding carboxylic acids is 1. The molecular formula is C14H12ClFN2O. The molecule has 19 heavy (non-hydrogen) atoms. The van der Waals surface area contributed by atoms with Gasteiger partial charge in [-0.2, -0.15) is 0 Å². The molecule has 3 nitrogen and oxygen atoms in total. The van der Waals surface area contributed by atoms with Crippen LogP contribution < -0.4 is 11.1 Å². The predicted octanol–water partition coefficient (Wildman–Crippen LogP) is 3.19. The summed E-state index contributed by atoms with van der Waals surface area (Å²) in [7, 11) is 0. The Morgan fingerprint density at radius 3 is 2.63 bits per heavy atom. The monoisotopic (exact) mass is 278 g/mol. The fraction of sp³-hybridized carbons (Fsp3) is 0.0714. The molecule has 3 N–H and O–H groups in total. The summed E-state index contributed by atoms with van der Waals surface area (Å²) in [4.78, 5) is 12.0. The highest BCUT2D eigenvalue weighted by Crippen LogP contribution is 2.21. The molecule has 0 fully saturated rings.